The first-order chi connectivity index (χ1) is 4.72. The smallest absolute Gasteiger partial charge is 0.273 e. The van der Waals surface area contributed by atoms with Crippen molar-refractivity contribution in [1.82, 2.24) is 5.73 Å². The molecule has 0 heterocycles. The maximum absolute atomic E-state index is 10.4. The van der Waals surface area contributed by atoms with E-state index < -0.39 is 5.91 Å². The van der Waals surface area contributed by atoms with Gasteiger partial charge in [0.2, 0.25) is 0 Å². The Hall–Kier alpha value is -1.51. The lowest BCUT2D eigenvalue weighted by molar-refractivity contribution is 0.0989. The van der Waals surface area contributed by atoms with Gasteiger partial charge in [-0.05, 0) is 12.1 Å². The Kier molecular flexibility index (Phi) is 1.58. The second-order valence-corrected chi connectivity index (χ2v) is 1.85. The van der Waals surface area contributed by atoms with E-state index in [1.807, 2.05) is 0 Å². The molecule has 0 aromatic heterocycles. The molecular formula is C7H6NO2. The first-order valence-electron chi connectivity index (χ1n) is 2.76. The highest BCUT2D eigenvalue weighted by atomic mass is 16.3. The lowest BCUT2D eigenvalue weighted by Gasteiger charge is -1.95. The average Bonchev–Trinajstić information content (AvgIpc) is 1.88. The molecule has 1 aromatic carbocycles. The first kappa shape index (κ1) is 6.61. The minimum atomic E-state index is -0.863. The van der Waals surface area contributed by atoms with Crippen LogP contribution in [0.4, 0.5) is 0 Å². The number of aromatic hydroxyl groups is 1. The lowest BCUT2D eigenvalue weighted by atomic mass is 10.2. The Morgan fingerprint density at radius 1 is 1.40 bits per heavy atom. The van der Waals surface area contributed by atoms with Gasteiger partial charge in [-0.15, -0.1) is 0 Å². The number of amides is 1. The average molecular weight is 136 g/mol. The summed E-state index contributed by atoms with van der Waals surface area (Å²) in [6.45, 7) is 0. The summed E-state index contributed by atoms with van der Waals surface area (Å²) in [5.41, 5.74) is 6.70. The minimum absolute atomic E-state index is 0.0440. The number of rotatable bonds is 1. The number of hydrogen-bond acceptors (Lipinski definition) is 2. The van der Waals surface area contributed by atoms with Crippen LogP contribution in [0.5, 0.6) is 5.75 Å². The van der Waals surface area contributed by atoms with E-state index in [0.717, 1.165) is 0 Å². The van der Waals surface area contributed by atoms with E-state index in [0.29, 0.717) is 0 Å². The molecular weight excluding hydrogens is 130 g/mol. The SMILES string of the molecule is [NH]C(=O)c1ccccc1O. The normalized spacial score (nSPS) is 9.20. The Bertz CT molecular complexity index is 258. The molecule has 0 saturated carbocycles. The maximum atomic E-state index is 10.4. The number of hydrogen-bond donors (Lipinski definition) is 1. The topological polar surface area (TPSA) is 61.1 Å². The highest BCUT2D eigenvalue weighted by Crippen LogP contribution is 2.14. The molecule has 1 aromatic rings. The van der Waals surface area contributed by atoms with Crippen molar-refractivity contribution < 1.29 is 9.90 Å². The van der Waals surface area contributed by atoms with Gasteiger partial charge in [-0.2, -0.15) is 0 Å². The largest absolute Gasteiger partial charge is 0.507 e. The molecule has 1 rings (SSSR count). The molecule has 0 spiro atoms. The van der Waals surface area contributed by atoms with E-state index in [1.54, 1.807) is 12.1 Å². The molecule has 1 amide bonds. The van der Waals surface area contributed by atoms with Crippen molar-refractivity contribution in [3.05, 3.63) is 29.8 Å². The molecule has 1 radical (unpaired) electrons. The molecule has 3 nitrogen and oxygen atoms in total. The second-order valence-electron chi connectivity index (χ2n) is 1.85. The van der Waals surface area contributed by atoms with E-state index in [-0.39, 0.29) is 11.3 Å². The minimum Gasteiger partial charge on any atom is -0.507 e. The van der Waals surface area contributed by atoms with Gasteiger partial charge < -0.3 is 5.11 Å². The molecule has 2 N–H and O–H groups in total. The molecule has 0 aliphatic carbocycles. The van der Waals surface area contributed by atoms with Crippen LogP contribution in [0, 0.1) is 0 Å². The summed E-state index contributed by atoms with van der Waals surface area (Å²) in [7, 11) is 0. The summed E-state index contributed by atoms with van der Waals surface area (Å²) in [4.78, 5) is 10.4. The van der Waals surface area contributed by atoms with Crippen LogP contribution in [0.1, 0.15) is 10.4 Å². The zero-order valence-corrected chi connectivity index (χ0v) is 5.16. The fraction of sp³-hybridized carbons (Fsp3) is 0. The molecule has 10 heavy (non-hydrogen) atoms. The van der Waals surface area contributed by atoms with Crippen LogP contribution in [-0.2, 0) is 0 Å². The number of benzene rings is 1. The maximum Gasteiger partial charge on any atom is 0.273 e. The van der Waals surface area contributed by atoms with Crippen molar-refractivity contribution in [2.75, 3.05) is 0 Å². The molecule has 0 bridgehead atoms. The van der Waals surface area contributed by atoms with Gasteiger partial charge in [0.1, 0.15) is 5.75 Å². The monoisotopic (exact) mass is 136 g/mol. The molecule has 0 fully saturated rings. The number of nitrogens with one attached hydrogen (secondary N) is 1. The summed E-state index contributed by atoms with van der Waals surface area (Å²) in [5, 5.41) is 8.94. The van der Waals surface area contributed by atoms with E-state index >= 15 is 0 Å². The molecule has 0 aliphatic heterocycles. The molecule has 51 valence electrons. The van der Waals surface area contributed by atoms with Gasteiger partial charge in [0.25, 0.3) is 5.91 Å². The molecule has 0 aliphatic rings. The third-order valence-corrected chi connectivity index (χ3v) is 1.15. The zero-order chi connectivity index (χ0) is 7.56. The molecule has 0 saturated heterocycles. The molecule has 0 atom stereocenters. The molecule has 0 unspecified atom stereocenters. The van der Waals surface area contributed by atoms with Gasteiger partial charge in [-0.1, -0.05) is 12.1 Å². The van der Waals surface area contributed by atoms with E-state index in [1.165, 1.54) is 12.1 Å². The quantitative estimate of drug-likeness (QED) is 0.621. The van der Waals surface area contributed by atoms with Gasteiger partial charge >= 0.3 is 0 Å². The van der Waals surface area contributed by atoms with Crippen molar-refractivity contribution >= 4 is 5.91 Å². The van der Waals surface area contributed by atoms with Crippen LogP contribution in [0.15, 0.2) is 24.3 Å². The predicted octanol–water partition coefficient (Wildman–Crippen LogP) is 0.815. The highest BCUT2D eigenvalue weighted by molar-refractivity contribution is 5.94. The summed E-state index contributed by atoms with van der Waals surface area (Å²) >= 11 is 0. The van der Waals surface area contributed by atoms with Gasteiger partial charge in [0.05, 0.1) is 5.56 Å². The van der Waals surface area contributed by atoms with Gasteiger partial charge in [0.15, 0.2) is 0 Å². The van der Waals surface area contributed by atoms with E-state index in [4.69, 9.17) is 10.8 Å². The standard InChI is InChI=1S/C7H6NO2/c8-7(10)5-3-1-2-4-6(5)9/h1-4,8-9H. The van der Waals surface area contributed by atoms with Crippen molar-refractivity contribution in [3.8, 4) is 5.75 Å². The lowest BCUT2D eigenvalue weighted by Crippen LogP contribution is -1.97. The summed E-state index contributed by atoms with van der Waals surface area (Å²) in [6.07, 6.45) is 0. The second kappa shape index (κ2) is 2.39. The predicted molar refractivity (Wildman–Crippen MR) is 35.5 cm³/mol. The van der Waals surface area contributed by atoms with Crippen LogP contribution < -0.4 is 5.73 Å². The summed E-state index contributed by atoms with van der Waals surface area (Å²) in [6, 6.07) is 5.98. The third-order valence-electron chi connectivity index (χ3n) is 1.15. The van der Waals surface area contributed by atoms with Gasteiger partial charge in [0, 0.05) is 0 Å². The molecule has 3 heteroatoms. The van der Waals surface area contributed by atoms with Crippen molar-refractivity contribution in [2.24, 2.45) is 0 Å². The van der Waals surface area contributed by atoms with Crippen LogP contribution in [0.25, 0.3) is 0 Å². The summed E-state index contributed by atoms with van der Waals surface area (Å²) < 4.78 is 0. The zero-order valence-electron chi connectivity index (χ0n) is 5.16. The summed E-state index contributed by atoms with van der Waals surface area (Å²) in [5.74, 6) is -0.999. The Morgan fingerprint density at radius 2 is 2.00 bits per heavy atom. The van der Waals surface area contributed by atoms with Crippen LogP contribution in [0.3, 0.4) is 0 Å². The number of para-hydroxylation sites is 1. The van der Waals surface area contributed by atoms with E-state index in [2.05, 4.69) is 0 Å². The van der Waals surface area contributed by atoms with Gasteiger partial charge in [-0.3, -0.25) is 10.5 Å². The van der Waals surface area contributed by atoms with Crippen molar-refractivity contribution in [3.63, 3.8) is 0 Å². The number of carbonyl (C=O) groups is 1. The van der Waals surface area contributed by atoms with Crippen molar-refractivity contribution in [1.29, 1.82) is 0 Å². The number of phenols is 1. The fourth-order valence-corrected chi connectivity index (χ4v) is 0.666. The van der Waals surface area contributed by atoms with Crippen LogP contribution in [-0.4, -0.2) is 11.0 Å². The van der Waals surface area contributed by atoms with E-state index in [9.17, 15) is 4.79 Å². The number of carbonyl (C=O) groups excluding carboxylic acids is 1. The Labute approximate surface area is 58.1 Å². The van der Waals surface area contributed by atoms with Crippen molar-refractivity contribution in [2.45, 2.75) is 0 Å². The van der Waals surface area contributed by atoms with Crippen LogP contribution >= 0.6 is 0 Å². The van der Waals surface area contributed by atoms with Gasteiger partial charge in [-0.25, -0.2) is 0 Å². The highest BCUT2D eigenvalue weighted by Gasteiger charge is 2.04. The van der Waals surface area contributed by atoms with Crippen LogP contribution in [0.2, 0.25) is 0 Å². The third kappa shape index (κ3) is 1.07. The first-order valence-corrected chi connectivity index (χ1v) is 2.76. The fourth-order valence-electron chi connectivity index (χ4n) is 0.666. The Balaban J connectivity index is 3.15. The number of phenolic OH excluding ortho intramolecular Hbond substituents is 1. The Morgan fingerprint density at radius 3 is 2.40 bits per heavy atom.